The maximum atomic E-state index is 12.0. The van der Waals surface area contributed by atoms with Gasteiger partial charge in [0.25, 0.3) is 5.91 Å². The molecule has 0 aliphatic carbocycles. The summed E-state index contributed by atoms with van der Waals surface area (Å²) in [5.41, 5.74) is 4.17. The molecule has 0 spiro atoms. The van der Waals surface area contributed by atoms with E-state index in [2.05, 4.69) is 17.6 Å². The fourth-order valence-electron chi connectivity index (χ4n) is 1.55. The molecule has 128 valence electrons. The molecule has 5 N–H and O–H groups in total. The van der Waals surface area contributed by atoms with Crippen LogP contribution in [0.1, 0.15) is 38.0 Å². The lowest BCUT2D eigenvalue weighted by atomic mass is 10.0. The zero-order chi connectivity index (χ0) is 18.7. The zero-order valence-electron chi connectivity index (χ0n) is 13.4. The highest BCUT2D eigenvalue weighted by Crippen LogP contribution is 2.12. The van der Waals surface area contributed by atoms with Gasteiger partial charge >= 0.3 is 11.9 Å². The van der Waals surface area contributed by atoms with Gasteiger partial charge in [-0.15, -0.1) is 0 Å². The second kappa shape index (κ2) is 10.5. The summed E-state index contributed by atoms with van der Waals surface area (Å²) < 4.78 is 0. The van der Waals surface area contributed by atoms with E-state index in [9.17, 15) is 14.4 Å². The fourth-order valence-corrected chi connectivity index (χ4v) is 1.55. The Morgan fingerprint density at radius 2 is 1.46 bits per heavy atom. The number of carbonyl (C=O) groups is 3. The number of benzene rings is 1. The first-order valence-electron chi connectivity index (χ1n) is 6.84. The summed E-state index contributed by atoms with van der Waals surface area (Å²) in [6.45, 7) is 5.45. The molecule has 1 aromatic rings. The Bertz CT molecular complexity index is 658. The molecular formula is C17H20N2O5. The van der Waals surface area contributed by atoms with Crippen LogP contribution in [-0.4, -0.2) is 35.1 Å². The molecule has 1 rings (SSSR count). The lowest BCUT2D eigenvalue weighted by Crippen LogP contribution is -2.22. The summed E-state index contributed by atoms with van der Waals surface area (Å²) in [5, 5.41) is 20.4. The Balaban J connectivity index is 0.00000254. The molecule has 0 aromatic heterocycles. The number of carbonyl (C=O) groups excluding carboxylic acids is 1. The van der Waals surface area contributed by atoms with Gasteiger partial charge in [0.1, 0.15) is 0 Å². The number of allylic oxidation sites excluding steroid dienone is 4. The zero-order valence-corrected chi connectivity index (χ0v) is 13.4. The molecule has 7 nitrogen and oxygen atoms in total. The monoisotopic (exact) mass is 332 g/mol. The first-order valence-corrected chi connectivity index (χ1v) is 6.84. The number of hydrogen-bond donors (Lipinski definition) is 4. The van der Waals surface area contributed by atoms with Crippen molar-refractivity contribution in [2.24, 2.45) is 5.73 Å². The third-order valence-corrected chi connectivity index (χ3v) is 2.56. The smallest absolute Gasteiger partial charge is 0.335 e. The molecule has 0 aliphatic heterocycles. The van der Waals surface area contributed by atoms with E-state index < -0.39 is 17.8 Å². The quantitative estimate of drug-likeness (QED) is 0.590. The number of nitrogens with one attached hydrogen (secondary N) is 1. The molecule has 1 aromatic carbocycles. The molecular weight excluding hydrogens is 312 g/mol. The first kappa shape index (κ1) is 20.8. The number of carboxylic acids is 2. The molecule has 0 bridgehead atoms. The molecule has 7 heteroatoms. The maximum Gasteiger partial charge on any atom is 0.335 e. The van der Waals surface area contributed by atoms with Crippen LogP contribution >= 0.6 is 0 Å². The highest BCUT2D eigenvalue weighted by molar-refractivity contribution is 6.01. The van der Waals surface area contributed by atoms with Crippen molar-refractivity contribution in [3.63, 3.8) is 0 Å². The minimum atomic E-state index is -1.32. The van der Waals surface area contributed by atoms with Gasteiger partial charge in [-0.05, 0) is 38.2 Å². The average molecular weight is 332 g/mol. The molecule has 0 heterocycles. The molecule has 0 saturated heterocycles. The van der Waals surface area contributed by atoms with Crippen LogP contribution in [0.3, 0.4) is 0 Å². The normalized spacial score (nSPS) is 10.1. The Morgan fingerprint density at radius 1 is 1.00 bits per heavy atom. The van der Waals surface area contributed by atoms with Crippen molar-refractivity contribution in [3.8, 4) is 0 Å². The number of amides is 1. The average Bonchev–Trinajstić information content (AvgIpc) is 2.56. The van der Waals surface area contributed by atoms with Gasteiger partial charge in [0.2, 0.25) is 0 Å². The van der Waals surface area contributed by atoms with Gasteiger partial charge in [-0.3, -0.25) is 4.79 Å². The third-order valence-electron chi connectivity index (χ3n) is 2.56. The molecule has 0 unspecified atom stereocenters. The van der Waals surface area contributed by atoms with E-state index in [0.717, 1.165) is 18.2 Å². The van der Waals surface area contributed by atoms with Crippen LogP contribution < -0.4 is 11.1 Å². The lowest BCUT2D eigenvalue weighted by Gasteiger charge is -2.07. The summed E-state index contributed by atoms with van der Waals surface area (Å²) in [6, 6.07) is 3.20. The number of rotatable bonds is 6. The fraction of sp³-hybridized carbons (Fsp3) is 0.118. The maximum absolute atomic E-state index is 12.0. The van der Waals surface area contributed by atoms with Crippen molar-refractivity contribution < 1.29 is 24.6 Å². The van der Waals surface area contributed by atoms with Gasteiger partial charge in [0, 0.05) is 11.3 Å². The summed E-state index contributed by atoms with van der Waals surface area (Å²) in [4.78, 5) is 34.0. The molecule has 1 amide bonds. The number of hydrogen-bond acceptors (Lipinski definition) is 4. The van der Waals surface area contributed by atoms with E-state index in [1.165, 1.54) is 7.05 Å². The van der Waals surface area contributed by atoms with Crippen LogP contribution in [0, 0.1) is 0 Å². The van der Waals surface area contributed by atoms with Crippen molar-refractivity contribution in [1.29, 1.82) is 0 Å². The van der Waals surface area contributed by atoms with Gasteiger partial charge < -0.3 is 21.3 Å². The van der Waals surface area contributed by atoms with Crippen LogP contribution in [-0.2, 0) is 0 Å². The summed E-state index contributed by atoms with van der Waals surface area (Å²) in [7, 11) is 1.50. The second-order valence-corrected chi connectivity index (χ2v) is 4.27. The van der Waals surface area contributed by atoms with Crippen molar-refractivity contribution >= 4 is 17.8 Å². The second-order valence-electron chi connectivity index (χ2n) is 4.27. The first-order chi connectivity index (χ1) is 11.3. The predicted molar refractivity (Wildman–Crippen MR) is 91.0 cm³/mol. The van der Waals surface area contributed by atoms with Crippen molar-refractivity contribution in [1.82, 2.24) is 5.32 Å². The van der Waals surface area contributed by atoms with E-state index in [0.29, 0.717) is 5.70 Å². The summed E-state index contributed by atoms with van der Waals surface area (Å²) in [6.07, 6.45) is 6.75. The van der Waals surface area contributed by atoms with Crippen LogP contribution in [0.15, 0.2) is 54.8 Å². The van der Waals surface area contributed by atoms with Crippen LogP contribution in [0.5, 0.6) is 0 Å². The van der Waals surface area contributed by atoms with Crippen LogP contribution in [0.2, 0.25) is 0 Å². The van der Waals surface area contributed by atoms with Crippen LogP contribution in [0.25, 0.3) is 0 Å². The Morgan fingerprint density at radius 3 is 1.88 bits per heavy atom. The van der Waals surface area contributed by atoms with Gasteiger partial charge in [-0.1, -0.05) is 24.8 Å². The van der Waals surface area contributed by atoms with Crippen molar-refractivity contribution in [2.45, 2.75) is 6.92 Å². The van der Waals surface area contributed by atoms with E-state index in [-0.39, 0.29) is 16.7 Å². The molecule has 0 fully saturated rings. The van der Waals surface area contributed by atoms with E-state index in [4.69, 9.17) is 10.2 Å². The Kier molecular flexibility index (Phi) is 9.12. The van der Waals surface area contributed by atoms with Gasteiger partial charge in [0.15, 0.2) is 0 Å². The molecule has 0 atom stereocenters. The molecule has 0 saturated carbocycles. The minimum Gasteiger partial charge on any atom is -0.478 e. The van der Waals surface area contributed by atoms with E-state index in [1.54, 1.807) is 24.3 Å². The Labute approximate surface area is 139 Å². The minimum absolute atomic E-state index is 0.0714. The number of nitrogens with two attached hydrogens (primary N) is 1. The van der Waals surface area contributed by atoms with E-state index in [1.807, 2.05) is 6.92 Å². The largest absolute Gasteiger partial charge is 0.478 e. The molecule has 0 aliphatic rings. The number of aromatic carboxylic acids is 2. The highest BCUT2D eigenvalue weighted by Gasteiger charge is 2.15. The molecule has 24 heavy (non-hydrogen) atoms. The molecule has 0 radical (unpaired) electrons. The predicted octanol–water partition coefficient (Wildman–Crippen LogP) is 2.03. The topological polar surface area (TPSA) is 130 Å². The number of carboxylic acid groups (broad SMARTS) is 2. The highest BCUT2D eigenvalue weighted by atomic mass is 16.4. The van der Waals surface area contributed by atoms with Crippen LogP contribution in [0.4, 0.5) is 0 Å². The van der Waals surface area contributed by atoms with Crippen molar-refractivity contribution in [3.05, 3.63) is 71.5 Å². The van der Waals surface area contributed by atoms with Gasteiger partial charge in [-0.2, -0.15) is 0 Å². The summed E-state index contributed by atoms with van der Waals surface area (Å²) >= 11 is 0. The summed E-state index contributed by atoms with van der Waals surface area (Å²) in [5.74, 6) is -3.27. The van der Waals surface area contributed by atoms with Gasteiger partial charge in [-0.25, -0.2) is 9.59 Å². The van der Waals surface area contributed by atoms with E-state index >= 15 is 0 Å². The Hall–Kier alpha value is -3.19. The SMILES string of the molecule is C=C(/C=C\C=C/C)NC(=O)c1cc(C(=O)O)cc(C(=O)O)c1.CN. The van der Waals surface area contributed by atoms with Crippen molar-refractivity contribution in [2.75, 3.05) is 7.05 Å². The lowest BCUT2D eigenvalue weighted by molar-refractivity contribution is 0.0696. The third kappa shape index (κ3) is 6.71. The van der Waals surface area contributed by atoms with Gasteiger partial charge in [0.05, 0.1) is 11.1 Å². The standard InChI is InChI=1S/C16H15NO5.CH5N/c1-3-4-5-6-10(2)17-14(18)11-7-12(15(19)20)9-13(8-11)16(21)22;1-2/h3-9H,2H2,1H3,(H,17,18)(H,19,20)(H,21,22);2H2,1H3/b4-3-,6-5-;.